The Balaban J connectivity index is 2.07. The van der Waals surface area contributed by atoms with Gasteiger partial charge in [-0.2, -0.15) is 18.3 Å². The second-order valence-corrected chi connectivity index (χ2v) is 7.23. The van der Waals surface area contributed by atoms with E-state index in [-0.39, 0.29) is 15.8 Å². The standard InChI is InChI=1S/C21H23ClF3N3O2S/c1-3-9-29-16-7-5-14(19(12-16)30-10-4-2)13-26-28-20(31)27-18-11-15(21(23,24)25)6-8-17(18)22/h5-8,11-13H,3-4,9-10H2,1-2H3,(H2,27,28,31)/b26-13-. The first-order valence-corrected chi connectivity index (χ1v) is 10.4. The van der Waals surface area contributed by atoms with E-state index in [1.165, 1.54) is 6.21 Å². The highest BCUT2D eigenvalue weighted by atomic mass is 35.5. The quantitative estimate of drug-likeness (QED) is 0.256. The molecule has 0 saturated carbocycles. The van der Waals surface area contributed by atoms with E-state index in [4.69, 9.17) is 33.3 Å². The van der Waals surface area contributed by atoms with Gasteiger partial charge in [-0.15, -0.1) is 0 Å². The van der Waals surface area contributed by atoms with Gasteiger partial charge in [-0.1, -0.05) is 25.4 Å². The van der Waals surface area contributed by atoms with Crippen molar-refractivity contribution in [3.63, 3.8) is 0 Å². The molecule has 0 fully saturated rings. The lowest BCUT2D eigenvalue weighted by Gasteiger charge is -2.13. The molecule has 0 aliphatic rings. The van der Waals surface area contributed by atoms with Crippen LogP contribution in [0.1, 0.15) is 37.8 Å². The Morgan fingerprint density at radius 1 is 1.10 bits per heavy atom. The Morgan fingerprint density at radius 3 is 2.48 bits per heavy atom. The Morgan fingerprint density at radius 2 is 1.81 bits per heavy atom. The molecule has 2 aromatic rings. The molecule has 2 aromatic carbocycles. The van der Waals surface area contributed by atoms with Crippen LogP contribution in [0.4, 0.5) is 18.9 Å². The second-order valence-electron chi connectivity index (χ2n) is 6.41. The van der Waals surface area contributed by atoms with Crippen LogP contribution in [0.15, 0.2) is 41.5 Å². The van der Waals surface area contributed by atoms with Crippen LogP contribution in [0.2, 0.25) is 5.02 Å². The van der Waals surface area contributed by atoms with Crippen LogP contribution in [0, 0.1) is 0 Å². The molecule has 10 heteroatoms. The third-order valence-electron chi connectivity index (χ3n) is 3.83. The molecular weight excluding hydrogens is 451 g/mol. The highest BCUT2D eigenvalue weighted by Crippen LogP contribution is 2.33. The lowest BCUT2D eigenvalue weighted by atomic mass is 10.2. The minimum atomic E-state index is -4.49. The fraction of sp³-hybridized carbons (Fsp3) is 0.333. The zero-order chi connectivity index (χ0) is 22.9. The van der Waals surface area contributed by atoms with Gasteiger partial charge in [-0.25, -0.2) is 0 Å². The molecule has 0 saturated heterocycles. The van der Waals surface area contributed by atoms with Crippen molar-refractivity contribution in [2.45, 2.75) is 32.9 Å². The second kappa shape index (κ2) is 11.8. The SMILES string of the molecule is CCCOc1ccc(/C=N\NC(=S)Nc2cc(C(F)(F)F)ccc2Cl)c(OCCC)c1. The van der Waals surface area contributed by atoms with E-state index in [2.05, 4.69) is 15.8 Å². The average molecular weight is 474 g/mol. The monoisotopic (exact) mass is 473 g/mol. The summed E-state index contributed by atoms with van der Waals surface area (Å²) in [6, 6.07) is 8.31. The number of hydrogen-bond acceptors (Lipinski definition) is 4. The number of halogens is 4. The van der Waals surface area contributed by atoms with E-state index >= 15 is 0 Å². The lowest BCUT2D eigenvalue weighted by molar-refractivity contribution is -0.137. The minimum absolute atomic E-state index is 0.0172. The maximum Gasteiger partial charge on any atom is 0.416 e. The van der Waals surface area contributed by atoms with Gasteiger partial charge in [0, 0.05) is 11.6 Å². The third kappa shape index (κ3) is 7.91. The number of nitrogens with one attached hydrogen (secondary N) is 2. The fourth-order valence-corrected chi connectivity index (χ4v) is 2.70. The van der Waals surface area contributed by atoms with Crippen molar-refractivity contribution in [3.8, 4) is 11.5 Å². The molecule has 0 atom stereocenters. The lowest BCUT2D eigenvalue weighted by Crippen LogP contribution is -2.24. The first kappa shape index (κ1) is 24.7. The van der Waals surface area contributed by atoms with E-state index in [1.807, 2.05) is 13.8 Å². The summed E-state index contributed by atoms with van der Waals surface area (Å²) < 4.78 is 50.0. The number of hydrogen-bond donors (Lipinski definition) is 2. The predicted octanol–water partition coefficient (Wildman–Crippen LogP) is 6.26. The molecule has 0 heterocycles. The zero-order valence-electron chi connectivity index (χ0n) is 17.1. The number of ether oxygens (including phenoxy) is 2. The summed E-state index contributed by atoms with van der Waals surface area (Å²) in [5.41, 5.74) is 2.43. The van der Waals surface area contributed by atoms with E-state index < -0.39 is 11.7 Å². The normalized spacial score (nSPS) is 11.4. The van der Waals surface area contributed by atoms with Crippen molar-refractivity contribution in [1.29, 1.82) is 0 Å². The van der Waals surface area contributed by atoms with Crippen molar-refractivity contribution in [2.75, 3.05) is 18.5 Å². The van der Waals surface area contributed by atoms with Crippen LogP contribution in [-0.4, -0.2) is 24.5 Å². The van der Waals surface area contributed by atoms with Crippen molar-refractivity contribution in [1.82, 2.24) is 5.43 Å². The molecule has 0 aromatic heterocycles. The number of thiocarbonyl (C=S) groups is 1. The van der Waals surface area contributed by atoms with Gasteiger partial charge in [0.1, 0.15) is 11.5 Å². The Hall–Kier alpha value is -2.52. The van der Waals surface area contributed by atoms with Crippen LogP contribution in [-0.2, 0) is 6.18 Å². The molecule has 0 aliphatic carbocycles. The molecule has 0 amide bonds. The minimum Gasteiger partial charge on any atom is -0.493 e. The Kier molecular flexibility index (Phi) is 9.39. The van der Waals surface area contributed by atoms with Gasteiger partial charge in [-0.3, -0.25) is 5.43 Å². The smallest absolute Gasteiger partial charge is 0.416 e. The molecule has 5 nitrogen and oxygen atoms in total. The number of anilines is 1. The van der Waals surface area contributed by atoms with Crippen molar-refractivity contribution in [2.24, 2.45) is 5.10 Å². The Labute approximate surface area is 189 Å². The van der Waals surface area contributed by atoms with Crippen molar-refractivity contribution in [3.05, 3.63) is 52.5 Å². The molecule has 2 rings (SSSR count). The number of hydrazone groups is 1. The van der Waals surface area contributed by atoms with Crippen LogP contribution in [0.5, 0.6) is 11.5 Å². The third-order valence-corrected chi connectivity index (χ3v) is 4.35. The maximum atomic E-state index is 12.9. The highest BCUT2D eigenvalue weighted by Gasteiger charge is 2.31. The van der Waals surface area contributed by atoms with Gasteiger partial charge in [0.25, 0.3) is 0 Å². The van der Waals surface area contributed by atoms with Gasteiger partial charge < -0.3 is 14.8 Å². The summed E-state index contributed by atoms with van der Waals surface area (Å²) in [7, 11) is 0. The van der Waals surface area contributed by atoms with E-state index in [1.54, 1.807) is 18.2 Å². The van der Waals surface area contributed by atoms with Gasteiger partial charge in [0.15, 0.2) is 5.11 Å². The summed E-state index contributed by atoms with van der Waals surface area (Å²) in [6.07, 6.45) is -1.27. The number of nitrogens with zero attached hydrogens (tertiary/aromatic N) is 1. The van der Waals surface area contributed by atoms with Gasteiger partial charge in [0.05, 0.1) is 35.7 Å². The number of rotatable bonds is 9. The van der Waals surface area contributed by atoms with Crippen LogP contribution < -0.4 is 20.2 Å². The van der Waals surface area contributed by atoms with Crippen molar-refractivity contribution >= 4 is 40.8 Å². The molecule has 0 bridgehead atoms. The van der Waals surface area contributed by atoms with E-state index in [0.29, 0.717) is 30.3 Å². The molecule has 0 spiro atoms. The van der Waals surface area contributed by atoms with Crippen LogP contribution >= 0.6 is 23.8 Å². The summed E-state index contributed by atoms with van der Waals surface area (Å²) in [5, 5.41) is 6.73. The molecule has 168 valence electrons. The van der Waals surface area contributed by atoms with Gasteiger partial charge in [-0.05, 0) is 55.4 Å². The molecule has 0 aliphatic heterocycles. The van der Waals surface area contributed by atoms with E-state index in [9.17, 15) is 13.2 Å². The molecule has 31 heavy (non-hydrogen) atoms. The predicted molar refractivity (Wildman–Crippen MR) is 121 cm³/mol. The molecule has 0 unspecified atom stereocenters. The zero-order valence-corrected chi connectivity index (χ0v) is 18.6. The molecule has 0 radical (unpaired) electrons. The largest absolute Gasteiger partial charge is 0.493 e. The Bertz CT molecular complexity index is 923. The summed E-state index contributed by atoms with van der Waals surface area (Å²) in [6.45, 7) is 5.14. The van der Waals surface area contributed by atoms with Crippen LogP contribution in [0.3, 0.4) is 0 Å². The summed E-state index contributed by atoms with van der Waals surface area (Å²) >= 11 is 11.0. The molecule has 2 N–H and O–H groups in total. The first-order valence-electron chi connectivity index (χ1n) is 9.61. The fourth-order valence-electron chi connectivity index (χ4n) is 2.38. The summed E-state index contributed by atoms with van der Waals surface area (Å²) in [4.78, 5) is 0. The maximum absolute atomic E-state index is 12.9. The van der Waals surface area contributed by atoms with Crippen LogP contribution in [0.25, 0.3) is 0 Å². The number of benzene rings is 2. The van der Waals surface area contributed by atoms with Gasteiger partial charge in [0.2, 0.25) is 0 Å². The van der Waals surface area contributed by atoms with Crippen molar-refractivity contribution < 1.29 is 22.6 Å². The topological polar surface area (TPSA) is 54.9 Å². The van der Waals surface area contributed by atoms with Gasteiger partial charge >= 0.3 is 6.18 Å². The molecular formula is C21H23ClF3N3O2S. The van der Waals surface area contributed by atoms with E-state index in [0.717, 1.165) is 31.0 Å². The highest BCUT2D eigenvalue weighted by molar-refractivity contribution is 7.80. The average Bonchev–Trinajstić information content (AvgIpc) is 2.72. The summed E-state index contributed by atoms with van der Waals surface area (Å²) in [5.74, 6) is 1.29. The first-order chi connectivity index (χ1) is 14.7. The number of alkyl halides is 3.